The SMILES string of the molecule is COc1ccc(-c2cc(-c3ccccc3Cl)c3c(N)ncnc3n2)cc1. The van der Waals surface area contributed by atoms with Crippen LogP contribution >= 0.6 is 11.6 Å². The van der Waals surface area contributed by atoms with Crippen molar-refractivity contribution in [3.63, 3.8) is 0 Å². The molecule has 0 saturated carbocycles. The van der Waals surface area contributed by atoms with E-state index >= 15 is 0 Å². The standard InChI is InChI=1S/C20H15ClN4O/c1-26-13-8-6-12(7-9-13)17-10-15(14-4-2-3-5-16(14)21)18-19(22)23-11-24-20(18)25-17/h2-11H,1H3,(H2,22,23,24,25). The highest BCUT2D eigenvalue weighted by atomic mass is 35.5. The zero-order chi connectivity index (χ0) is 18.1. The van der Waals surface area contributed by atoms with Gasteiger partial charge in [0.1, 0.15) is 17.9 Å². The first kappa shape index (κ1) is 16.3. The van der Waals surface area contributed by atoms with E-state index in [1.807, 2.05) is 54.6 Å². The van der Waals surface area contributed by atoms with Crippen LogP contribution in [0.25, 0.3) is 33.4 Å². The number of halogens is 1. The Hall–Kier alpha value is -3.18. The van der Waals surface area contributed by atoms with E-state index in [9.17, 15) is 0 Å². The molecule has 2 heterocycles. The van der Waals surface area contributed by atoms with Crippen molar-refractivity contribution in [2.75, 3.05) is 12.8 Å². The first-order valence-corrected chi connectivity index (χ1v) is 8.35. The normalized spacial score (nSPS) is 10.8. The lowest BCUT2D eigenvalue weighted by molar-refractivity contribution is 0.415. The summed E-state index contributed by atoms with van der Waals surface area (Å²) in [7, 11) is 1.64. The fourth-order valence-corrected chi connectivity index (χ4v) is 3.13. The Morgan fingerprint density at radius 1 is 0.962 bits per heavy atom. The summed E-state index contributed by atoms with van der Waals surface area (Å²) in [6.07, 6.45) is 1.42. The lowest BCUT2D eigenvalue weighted by atomic mass is 9.99. The fourth-order valence-electron chi connectivity index (χ4n) is 2.89. The third kappa shape index (κ3) is 2.82. The van der Waals surface area contributed by atoms with Crippen LogP contribution in [0.4, 0.5) is 5.82 Å². The largest absolute Gasteiger partial charge is 0.497 e. The Balaban J connectivity index is 2.01. The maximum atomic E-state index is 6.43. The summed E-state index contributed by atoms with van der Waals surface area (Å²) in [5.74, 6) is 1.16. The molecule has 0 unspecified atom stereocenters. The molecule has 0 fully saturated rings. The lowest BCUT2D eigenvalue weighted by Crippen LogP contribution is -1.99. The quantitative estimate of drug-likeness (QED) is 0.576. The van der Waals surface area contributed by atoms with Crippen molar-refractivity contribution in [3.05, 3.63) is 65.9 Å². The second kappa shape index (κ2) is 6.61. The molecule has 0 bridgehead atoms. The van der Waals surface area contributed by atoms with Gasteiger partial charge in [-0.05, 0) is 36.4 Å². The van der Waals surface area contributed by atoms with Gasteiger partial charge < -0.3 is 10.5 Å². The highest BCUT2D eigenvalue weighted by Crippen LogP contribution is 2.37. The molecule has 0 amide bonds. The number of aromatic nitrogens is 3. The molecule has 4 aromatic rings. The van der Waals surface area contributed by atoms with Crippen LogP contribution in [-0.4, -0.2) is 22.1 Å². The van der Waals surface area contributed by atoms with Crippen LogP contribution in [0.1, 0.15) is 0 Å². The van der Waals surface area contributed by atoms with E-state index < -0.39 is 0 Å². The van der Waals surface area contributed by atoms with E-state index in [1.165, 1.54) is 6.33 Å². The number of hydrogen-bond acceptors (Lipinski definition) is 5. The van der Waals surface area contributed by atoms with E-state index in [-0.39, 0.29) is 0 Å². The number of hydrogen-bond donors (Lipinski definition) is 1. The van der Waals surface area contributed by atoms with E-state index in [4.69, 9.17) is 22.1 Å². The molecule has 2 N–H and O–H groups in total. The van der Waals surface area contributed by atoms with Crippen molar-refractivity contribution in [1.29, 1.82) is 0 Å². The minimum absolute atomic E-state index is 0.374. The molecule has 2 aromatic heterocycles. The predicted octanol–water partition coefficient (Wildman–Crippen LogP) is 4.60. The molecular formula is C20H15ClN4O. The van der Waals surface area contributed by atoms with Crippen molar-refractivity contribution in [1.82, 2.24) is 15.0 Å². The molecule has 128 valence electrons. The van der Waals surface area contributed by atoms with Crippen LogP contribution < -0.4 is 10.5 Å². The number of fused-ring (bicyclic) bond motifs is 1. The Labute approximate surface area is 155 Å². The molecule has 0 aliphatic heterocycles. The van der Waals surface area contributed by atoms with Gasteiger partial charge in [0.15, 0.2) is 5.65 Å². The Morgan fingerprint density at radius 3 is 2.46 bits per heavy atom. The van der Waals surface area contributed by atoms with Gasteiger partial charge in [0.25, 0.3) is 0 Å². The van der Waals surface area contributed by atoms with Crippen LogP contribution in [0, 0.1) is 0 Å². The molecule has 4 rings (SSSR count). The summed E-state index contributed by atoms with van der Waals surface area (Å²) < 4.78 is 5.22. The number of rotatable bonds is 3. The number of pyridine rings is 1. The molecule has 0 atom stereocenters. The molecular weight excluding hydrogens is 348 g/mol. The fraction of sp³-hybridized carbons (Fsp3) is 0.0500. The van der Waals surface area contributed by atoms with Crippen LogP contribution in [-0.2, 0) is 0 Å². The topological polar surface area (TPSA) is 73.9 Å². The highest BCUT2D eigenvalue weighted by Gasteiger charge is 2.15. The molecule has 5 nitrogen and oxygen atoms in total. The van der Waals surface area contributed by atoms with Crippen LogP contribution in [0.15, 0.2) is 60.9 Å². The van der Waals surface area contributed by atoms with Gasteiger partial charge >= 0.3 is 0 Å². The molecule has 0 spiro atoms. The minimum atomic E-state index is 0.374. The number of anilines is 1. The molecule has 0 radical (unpaired) electrons. The Morgan fingerprint density at radius 2 is 1.73 bits per heavy atom. The van der Waals surface area contributed by atoms with Gasteiger partial charge in [-0.1, -0.05) is 29.8 Å². The van der Waals surface area contributed by atoms with E-state index in [2.05, 4.69) is 15.0 Å². The second-order valence-electron chi connectivity index (χ2n) is 5.72. The van der Waals surface area contributed by atoms with Gasteiger partial charge in [-0.2, -0.15) is 0 Å². The van der Waals surface area contributed by atoms with Gasteiger partial charge in [-0.3, -0.25) is 0 Å². The molecule has 0 aliphatic carbocycles. The highest BCUT2D eigenvalue weighted by molar-refractivity contribution is 6.33. The van der Waals surface area contributed by atoms with Crippen molar-refractivity contribution in [2.24, 2.45) is 0 Å². The zero-order valence-electron chi connectivity index (χ0n) is 14.0. The summed E-state index contributed by atoms with van der Waals surface area (Å²) in [5, 5.41) is 1.32. The van der Waals surface area contributed by atoms with E-state index in [0.29, 0.717) is 21.9 Å². The molecule has 0 saturated heterocycles. The summed E-state index contributed by atoms with van der Waals surface area (Å²) >= 11 is 6.43. The summed E-state index contributed by atoms with van der Waals surface area (Å²) in [6.45, 7) is 0. The average Bonchev–Trinajstić information content (AvgIpc) is 2.68. The number of nitrogens with two attached hydrogens (primary N) is 1. The van der Waals surface area contributed by atoms with Gasteiger partial charge in [-0.15, -0.1) is 0 Å². The smallest absolute Gasteiger partial charge is 0.165 e. The van der Waals surface area contributed by atoms with Gasteiger partial charge in [0.05, 0.1) is 18.2 Å². The van der Waals surface area contributed by atoms with Crippen molar-refractivity contribution >= 4 is 28.5 Å². The number of nitrogens with zero attached hydrogens (tertiary/aromatic N) is 3. The number of methoxy groups -OCH3 is 1. The number of ether oxygens (including phenoxy) is 1. The maximum Gasteiger partial charge on any atom is 0.165 e. The predicted molar refractivity (Wildman–Crippen MR) is 104 cm³/mol. The average molecular weight is 363 g/mol. The minimum Gasteiger partial charge on any atom is -0.497 e. The van der Waals surface area contributed by atoms with Crippen molar-refractivity contribution in [2.45, 2.75) is 0 Å². The number of nitrogen functional groups attached to an aromatic ring is 1. The van der Waals surface area contributed by atoms with Crippen LogP contribution in [0.5, 0.6) is 5.75 Å². The monoisotopic (exact) mass is 362 g/mol. The summed E-state index contributed by atoms with van der Waals surface area (Å²) in [6, 6.07) is 17.3. The zero-order valence-corrected chi connectivity index (χ0v) is 14.7. The number of benzene rings is 2. The third-order valence-corrected chi connectivity index (χ3v) is 4.51. The molecule has 6 heteroatoms. The molecule has 0 aliphatic rings. The first-order valence-electron chi connectivity index (χ1n) is 7.98. The van der Waals surface area contributed by atoms with Crippen LogP contribution in [0.2, 0.25) is 5.02 Å². The third-order valence-electron chi connectivity index (χ3n) is 4.18. The van der Waals surface area contributed by atoms with E-state index in [1.54, 1.807) is 7.11 Å². The van der Waals surface area contributed by atoms with Crippen molar-refractivity contribution < 1.29 is 4.74 Å². The maximum absolute atomic E-state index is 6.43. The second-order valence-corrected chi connectivity index (χ2v) is 6.13. The van der Waals surface area contributed by atoms with Gasteiger partial charge in [0, 0.05) is 21.7 Å². The van der Waals surface area contributed by atoms with Crippen LogP contribution in [0.3, 0.4) is 0 Å². The van der Waals surface area contributed by atoms with E-state index in [0.717, 1.165) is 28.1 Å². The Kier molecular flexibility index (Phi) is 4.14. The van der Waals surface area contributed by atoms with Gasteiger partial charge in [0.2, 0.25) is 0 Å². The Bertz CT molecular complexity index is 1100. The summed E-state index contributed by atoms with van der Waals surface area (Å²) in [5.41, 5.74) is 10.1. The van der Waals surface area contributed by atoms with Crippen molar-refractivity contribution in [3.8, 4) is 28.1 Å². The molecule has 26 heavy (non-hydrogen) atoms. The van der Waals surface area contributed by atoms with Gasteiger partial charge in [-0.25, -0.2) is 15.0 Å². The molecule has 2 aromatic carbocycles. The summed E-state index contributed by atoms with van der Waals surface area (Å²) in [4.78, 5) is 13.1. The lowest BCUT2D eigenvalue weighted by Gasteiger charge is -2.12. The first-order chi connectivity index (χ1) is 12.7.